The number of benzene rings is 6. The number of fused-ring (bicyclic) bond motifs is 7. The van der Waals surface area contributed by atoms with E-state index in [-0.39, 0.29) is 0 Å². The van der Waals surface area contributed by atoms with E-state index in [1.54, 1.807) is 0 Å². The van der Waals surface area contributed by atoms with Crippen LogP contribution in [0.5, 0.6) is 0 Å². The number of piperidine rings is 1. The van der Waals surface area contributed by atoms with Crippen molar-refractivity contribution in [3.05, 3.63) is 121 Å². The quantitative estimate of drug-likeness (QED) is 0.219. The summed E-state index contributed by atoms with van der Waals surface area (Å²) < 4.78 is 16.8. The molecule has 0 N–H and O–H groups in total. The Morgan fingerprint density at radius 1 is 0.488 bits per heavy atom. The summed E-state index contributed by atoms with van der Waals surface area (Å²) in [6, 6.07) is 43.3. The van der Waals surface area contributed by atoms with Gasteiger partial charge >= 0.3 is 8.16 Å². The predicted octanol–water partition coefficient (Wildman–Crippen LogP) is 11.1. The first-order valence-electron chi connectivity index (χ1n) is 14.5. The van der Waals surface area contributed by atoms with E-state index in [1.165, 1.54) is 28.0 Å². The molecule has 1 fully saturated rings. The molecule has 6 aromatic carbocycles. The van der Waals surface area contributed by atoms with Gasteiger partial charge in [0.1, 0.15) is 0 Å². The second kappa shape index (κ2) is 10.3. The third-order valence-electron chi connectivity index (χ3n) is 8.33. The molecule has 0 unspecified atom stereocenters. The molecule has 200 valence electrons. The smallest absolute Gasteiger partial charge is 0.309 e. The number of hydrogen-bond acceptors (Lipinski definition) is 3. The Morgan fingerprint density at radius 2 is 0.927 bits per heavy atom. The van der Waals surface area contributed by atoms with Crippen LogP contribution in [0.1, 0.15) is 19.3 Å². The number of rotatable bonds is 3. The van der Waals surface area contributed by atoms with E-state index in [9.17, 15) is 0 Å². The summed E-state index contributed by atoms with van der Waals surface area (Å²) in [5, 5.41) is 6.98. The van der Waals surface area contributed by atoms with Crippen LogP contribution in [0.4, 0.5) is 0 Å². The fraction of sp³-hybridized carbons (Fsp3) is 0.135. The highest BCUT2D eigenvalue weighted by Gasteiger charge is 2.23. The fourth-order valence-electron chi connectivity index (χ4n) is 6.34. The summed E-state index contributed by atoms with van der Waals surface area (Å²) in [4.78, 5) is 0. The third-order valence-corrected chi connectivity index (χ3v) is 9.86. The summed E-state index contributed by atoms with van der Waals surface area (Å²) in [5.74, 6) is 0. The van der Waals surface area contributed by atoms with Crippen LogP contribution in [0.25, 0.3) is 65.7 Å². The van der Waals surface area contributed by atoms with Gasteiger partial charge in [-0.2, -0.15) is 0 Å². The lowest BCUT2D eigenvalue weighted by Crippen LogP contribution is -2.26. The molecule has 1 aliphatic heterocycles. The Kier molecular flexibility index (Phi) is 6.13. The largest absolute Gasteiger partial charge is 0.407 e. The number of nitrogens with zero attached hydrogens (tertiary/aromatic N) is 1. The predicted molar refractivity (Wildman–Crippen MR) is 174 cm³/mol. The highest BCUT2D eigenvalue weighted by molar-refractivity contribution is 7.39. The molecule has 7 aromatic rings. The summed E-state index contributed by atoms with van der Waals surface area (Å²) >= 11 is 0. The minimum atomic E-state index is -1.38. The first-order chi connectivity index (χ1) is 20.3. The molecule has 0 aliphatic carbocycles. The standard InChI is InChI=1S/C37H30NO2P/c1-4-14-26(15-5-1)32-24-28-18-8-10-20-30(28)34-35-31-21-11-9-19-29(31)25-33(27-16-6-2-7-17-27)37(35)40-41(39-36(32)34)38-22-12-3-13-23-38/h1-2,4-11,14-21,24-25H,3,12-13,22-23H2. The summed E-state index contributed by atoms with van der Waals surface area (Å²) in [5.41, 5.74) is 6.34. The van der Waals surface area contributed by atoms with Gasteiger partial charge in [0.25, 0.3) is 0 Å². The highest BCUT2D eigenvalue weighted by Crippen LogP contribution is 2.48. The molecule has 3 nitrogen and oxygen atoms in total. The van der Waals surface area contributed by atoms with Crippen molar-refractivity contribution < 1.29 is 8.39 Å². The van der Waals surface area contributed by atoms with Gasteiger partial charge in [0.05, 0.1) is 0 Å². The van der Waals surface area contributed by atoms with E-state index in [0.29, 0.717) is 0 Å². The topological polar surface area (TPSA) is 29.5 Å². The van der Waals surface area contributed by atoms with Crippen molar-refractivity contribution >= 4 is 51.6 Å². The van der Waals surface area contributed by atoms with Crippen LogP contribution in [0, 0.1) is 0 Å². The van der Waals surface area contributed by atoms with Crippen LogP contribution in [0.3, 0.4) is 0 Å². The summed E-state index contributed by atoms with van der Waals surface area (Å²) in [6.45, 7) is 1.97. The van der Waals surface area contributed by atoms with Gasteiger partial charge in [0, 0.05) is 35.0 Å². The monoisotopic (exact) mass is 551 g/mol. The average Bonchev–Trinajstić information content (AvgIpc) is 3.23. The van der Waals surface area contributed by atoms with Gasteiger partial charge in [0.2, 0.25) is 0 Å². The normalized spacial score (nSPS) is 14.2. The molecule has 41 heavy (non-hydrogen) atoms. The van der Waals surface area contributed by atoms with E-state index < -0.39 is 8.16 Å². The maximum atomic E-state index is 7.18. The Labute approximate surface area is 240 Å². The van der Waals surface area contributed by atoms with Gasteiger partial charge in [-0.05, 0) is 57.6 Å². The molecule has 8 rings (SSSR count). The lowest BCUT2D eigenvalue weighted by molar-refractivity contribution is 0.560. The maximum Gasteiger partial charge on any atom is 0.309 e. The van der Waals surface area contributed by atoms with E-state index in [2.05, 4.69) is 126 Å². The molecule has 0 bridgehead atoms. The van der Waals surface area contributed by atoms with Gasteiger partial charge < -0.3 is 8.39 Å². The fourth-order valence-corrected chi connectivity index (χ4v) is 7.91. The molecule has 0 radical (unpaired) electrons. The minimum Gasteiger partial charge on any atom is -0.407 e. The van der Waals surface area contributed by atoms with Crippen LogP contribution < -0.4 is 4.67 Å². The second-order valence-electron chi connectivity index (χ2n) is 10.9. The first-order valence-corrected chi connectivity index (χ1v) is 15.6. The van der Waals surface area contributed by atoms with Crippen LogP contribution in [-0.4, -0.2) is 13.1 Å². The molecular weight excluding hydrogens is 521 g/mol. The zero-order chi connectivity index (χ0) is 27.2. The van der Waals surface area contributed by atoms with Crippen molar-refractivity contribution in [3.63, 3.8) is 0 Å². The molecule has 1 aliphatic rings. The van der Waals surface area contributed by atoms with Crippen molar-refractivity contribution in [3.8, 4) is 22.3 Å². The van der Waals surface area contributed by atoms with Gasteiger partial charge in [0.15, 0.2) is 11.2 Å². The molecule has 2 heterocycles. The molecular formula is C37H30NO2P. The van der Waals surface area contributed by atoms with Gasteiger partial charge in [-0.15, -0.1) is 0 Å². The van der Waals surface area contributed by atoms with Gasteiger partial charge in [-0.1, -0.05) is 116 Å². The first kappa shape index (κ1) is 24.5. The summed E-state index contributed by atoms with van der Waals surface area (Å²) in [7, 11) is -1.38. The van der Waals surface area contributed by atoms with E-state index in [1.807, 2.05) is 0 Å². The molecule has 4 heteroatoms. The Balaban J connectivity index is 1.67. The summed E-state index contributed by atoms with van der Waals surface area (Å²) in [6.07, 6.45) is 3.59. The Bertz CT molecular complexity index is 1940. The Hall–Kier alpha value is -4.30. The van der Waals surface area contributed by atoms with Crippen LogP contribution in [-0.2, 0) is 0 Å². The van der Waals surface area contributed by atoms with Crippen molar-refractivity contribution in [2.45, 2.75) is 19.3 Å². The molecule has 0 saturated carbocycles. The molecule has 1 saturated heterocycles. The Morgan fingerprint density at radius 3 is 1.41 bits per heavy atom. The lowest BCUT2D eigenvalue weighted by atomic mass is 9.91. The third kappa shape index (κ3) is 4.25. The molecule has 0 spiro atoms. The molecule has 0 amide bonds. The van der Waals surface area contributed by atoms with Crippen LogP contribution in [0.15, 0.2) is 130 Å². The van der Waals surface area contributed by atoms with Gasteiger partial charge in [-0.3, -0.25) is 0 Å². The van der Waals surface area contributed by atoms with Crippen molar-refractivity contribution in [2.24, 2.45) is 0 Å². The zero-order valence-corrected chi connectivity index (χ0v) is 23.7. The van der Waals surface area contributed by atoms with Crippen molar-refractivity contribution in [1.82, 2.24) is 0 Å². The van der Waals surface area contributed by atoms with E-state index in [0.717, 1.165) is 70.1 Å². The zero-order valence-electron chi connectivity index (χ0n) is 22.8. The van der Waals surface area contributed by atoms with Crippen molar-refractivity contribution in [2.75, 3.05) is 17.8 Å². The van der Waals surface area contributed by atoms with E-state index in [4.69, 9.17) is 8.39 Å². The lowest BCUT2D eigenvalue weighted by Gasteiger charge is -2.22. The maximum absolute atomic E-state index is 7.18. The van der Waals surface area contributed by atoms with E-state index >= 15 is 0 Å². The van der Waals surface area contributed by atoms with Crippen LogP contribution in [0.2, 0.25) is 0 Å². The average molecular weight is 552 g/mol. The number of hydrogen-bond donors (Lipinski definition) is 0. The minimum absolute atomic E-state index is 0.917. The SMILES string of the molecule is c1ccc(-c2cc3ccccc3c3c2op(N2CCCCC2)oc2c(-c4ccccc4)cc4ccccc4c23)cc1. The van der Waals surface area contributed by atoms with Gasteiger partial charge in [-0.25, -0.2) is 4.67 Å². The molecule has 1 aromatic heterocycles. The highest BCUT2D eigenvalue weighted by atomic mass is 31.1. The van der Waals surface area contributed by atoms with Crippen LogP contribution >= 0.6 is 8.16 Å². The van der Waals surface area contributed by atoms with Crippen molar-refractivity contribution in [1.29, 1.82) is 0 Å². The molecule has 0 atom stereocenters. The second-order valence-corrected chi connectivity index (χ2v) is 12.3.